The first-order chi connectivity index (χ1) is 16.0. The molecule has 4 rings (SSSR count). The van der Waals surface area contributed by atoms with E-state index in [1.165, 1.54) is 16.7 Å². The highest BCUT2D eigenvalue weighted by atomic mass is 79.9. The van der Waals surface area contributed by atoms with Crippen LogP contribution in [0.4, 0.5) is 11.4 Å². The lowest BCUT2D eigenvalue weighted by atomic mass is 10.1. The summed E-state index contributed by atoms with van der Waals surface area (Å²) in [7, 11) is 0. The highest BCUT2D eigenvalue weighted by molar-refractivity contribution is 9.10. The van der Waals surface area contributed by atoms with Crippen LogP contribution in [-0.4, -0.2) is 17.1 Å². The van der Waals surface area contributed by atoms with Crippen molar-refractivity contribution in [2.45, 2.75) is 18.6 Å². The molecule has 3 aromatic rings. The molecule has 0 aliphatic carbocycles. The number of thioether (sulfide) groups is 1. The molecule has 1 saturated heterocycles. The molecule has 1 heterocycles. The van der Waals surface area contributed by atoms with Crippen molar-refractivity contribution in [2.24, 2.45) is 0 Å². The van der Waals surface area contributed by atoms with Crippen LogP contribution < -0.4 is 10.2 Å². The van der Waals surface area contributed by atoms with Gasteiger partial charge in [0.15, 0.2) is 0 Å². The molecule has 0 spiro atoms. The van der Waals surface area contributed by atoms with E-state index in [2.05, 4.69) is 21.2 Å². The Kier molecular flexibility index (Phi) is 6.97. The number of para-hydroxylation sites is 1. The highest BCUT2D eigenvalue weighted by Crippen LogP contribution is 2.42. The van der Waals surface area contributed by atoms with Gasteiger partial charge in [-0.3, -0.25) is 14.5 Å². The van der Waals surface area contributed by atoms with E-state index in [-0.39, 0.29) is 11.5 Å². The lowest BCUT2D eigenvalue weighted by molar-refractivity contribution is -0.117. The van der Waals surface area contributed by atoms with Gasteiger partial charge in [0.25, 0.3) is 5.91 Å². The maximum absolute atomic E-state index is 13.5. The number of halogens is 1. The van der Waals surface area contributed by atoms with Crippen LogP contribution in [0.5, 0.6) is 0 Å². The third kappa shape index (κ3) is 5.19. The van der Waals surface area contributed by atoms with Gasteiger partial charge in [-0.1, -0.05) is 75.7 Å². The van der Waals surface area contributed by atoms with Crippen LogP contribution in [0.15, 0.2) is 93.9 Å². The standard InChI is InChI=1S/C26H20BrN3O2S/c1-17-7-13-21(14-8-17)30-25(32)23(15-18-9-11-19(27)12-10-18)33-26(30)22(16-28)24(31)29-20-5-3-2-4-6-20/h2-14,23H,15H2,1H3,(H,29,31). The van der Waals surface area contributed by atoms with Gasteiger partial charge in [-0.15, -0.1) is 0 Å². The van der Waals surface area contributed by atoms with Gasteiger partial charge in [0.1, 0.15) is 16.7 Å². The predicted molar refractivity (Wildman–Crippen MR) is 136 cm³/mol. The molecule has 0 saturated carbocycles. The molecule has 0 bridgehead atoms. The molecule has 1 unspecified atom stereocenters. The number of rotatable bonds is 5. The lowest BCUT2D eigenvalue weighted by Crippen LogP contribution is -2.30. The van der Waals surface area contributed by atoms with Crippen molar-refractivity contribution < 1.29 is 9.59 Å². The minimum absolute atomic E-state index is 0.0870. The summed E-state index contributed by atoms with van der Waals surface area (Å²) in [6.07, 6.45) is 0.488. The van der Waals surface area contributed by atoms with Crippen molar-refractivity contribution in [3.8, 4) is 6.07 Å². The highest BCUT2D eigenvalue weighted by Gasteiger charge is 2.40. The zero-order chi connectivity index (χ0) is 23.4. The number of nitrogens with zero attached hydrogens (tertiary/aromatic N) is 2. The van der Waals surface area contributed by atoms with Crippen LogP contribution in [0.2, 0.25) is 0 Å². The van der Waals surface area contributed by atoms with Crippen LogP contribution >= 0.6 is 27.7 Å². The molecule has 5 nitrogen and oxygen atoms in total. The number of aryl methyl sites for hydroxylation is 1. The summed E-state index contributed by atoms with van der Waals surface area (Å²) in [6, 6.07) is 26.2. The Morgan fingerprint density at radius 1 is 1.06 bits per heavy atom. The van der Waals surface area contributed by atoms with Gasteiger partial charge in [-0.25, -0.2) is 0 Å². The monoisotopic (exact) mass is 517 g/mol. The number of benzene rings is 3. The predicted octanol–water partition coefficient (Wildman–Crippen LogP) is 5.82. The molecule has 0 aromatic heterocycles. The van der Waals surface area contributed by atoms with Gasteiger partial charge in [0.2, 0.25) is 5.91 Å². The van der Waals surface area contributed by atoms with E-state index < -0.39 is 11.2 Å². The second-order valence-electron chi connectivity index (χ2n) is 7.56. The van der Waals surface area contributed by atoms with Crippen molar-refractivity contribution in [3.63, 3.8) is 0 Å². The van der Waals surface area contributed by atoms with Gasteiger partial charge in [-0.2, -0.15) is 5.26 Å². The molecule has 3 aromatic carbocycles. The number of hydrogen-bond acceptors (Lipinski definition) is 4. The zero-order valence-corrected chi connectivity index (χ0v) is 20.2. The van der Waals surface area contributed by atoms with E-state index in [0.29, 0.717) is 22.8 Å². The molecule has 1 atom stereocenters. The normalized spacial score (nSPS) is 16.9. The number of anilines is 2. The van der Waals surface area contributed by atoms with Gasteiger partial charge in [-0.05, 0) is 55.3 Å². The first-order valence-corrected chi connectivity index (χ1v) is 12.0. The molecule has 1 N–H and O–H groups in total. The van der Waals surface area contributed by atoms with Gasteiger partial charge in [0.05, 0.1) is 5.25 Å². The minimum Gasteiger partial charge on any atom is -0.321 e. The maximum atomic E-state index is 13.5. The SMILES string of the molecule is Cc1ccc(N2C(=O)C(Cc3ccc(Br)cc3)SC2=C(C#N)C(=O)Nc2ccccc2)cc1. The number of nitriles is 1. The van der Waals surface area contributed by atoms with E-state index >= 15 is 0 Å². The van der Waals surface area contributed by atoms with Crippen LogP contribution in [0.25, 0.3) is 0 Å². The molecule has 164 valence electrons. The van der Waals surface area contributed by atoms with E-state index in [1.54, 1.807) is 24.3 Å². The van der Waals surface area contributed by atoms with E-state index in [0.717, 1.165) is 15.6 Å². The lowest BCUT2D eigenvalue weighted by Gasteiger charge is -2.19. The zero-order valence-electron chi connectivity index (χ0n) is 17.8. The third-order valence-corrected chi connectivity index (χ3v) is 6.96. The largest absolute Gasteiger partial charge is 0.321 e. The second kappa shape index (κ2) is 10.1. The molecule has 7 heteroatoms. The quantitative estimate of drug-likeness (QED) is 0.341. The van der Waals surface area contributed by atoms with Crippen LogP contribution in [0.1, 0.15) is 11.1 Å². The summed E-state index contributed by atoms with van der Waals surface area (Å²) in [6.45, 7) is 1.96. The number of hydrogen-bond donors (Lipinski definition) is 1. The molecular weight excluding hydrogens is 498 g/mol. The number of amides is 2. The van der Waals surface area contributed by atoms with Crippen molar-refractivity contribution in [1.82, 2.24) is 0 Å². The maximum Gasteiger partial charge on any atom is 0.269 e. The van der Waals surface area contributed by atoms with Crippen LogP contribution in [0.3, 0.4) is 0 Å². The number of carbonyl (C=O) groups is 2. The fourth-order valence-corrected chi connectivity index (χ4v) is 5.04. The van der Waals surface area contributed by atoms with E-state index in [9.17, 15) is 14.9 Å². The fourth-order valence-electron chi connectivity index (χ4n) is 3.47. The topological polar surface area (TPSA) is 73.2 Å². The summed E-state index contributed by atoms with van der Waals surface area (Å²) in [4.78, 5) is 28.0. The van der Waals surface area contributed by atoms with Crippen molar-refractivity contribution in [1.29, 1.82) is 5.26 Å². The van der Waals surface area contributed by atoms with Crippen LogP contribution in [0, 0.1) is 18.3 Å². The molecule has 33 heavy (non-hydrogen) atoms. The van der Waals surface area contributed by atoms with Crippen molar-refractivity contribution in [3.05, 3.63) is 105 Å². The summed E-state index contributed by atoms with van der Waals surface area (Å²) < 4.78 is 0.961. The fraction of sp³-hybridized carbons (Fsp3) is 0.115. The van der Waals surface area contributed by atoms with Crippen LogP contribution in [-0.2, 0) is 16.0 Å². The van der Waals surface area contributed by atoms with E-state index in [4.69, 9.17) is 0 Å². The Morgan fingerprint density at radius 3 is 2.36 bits per heavy atom. The van der Waals surface area contributed by atoms with Gasteiger partial charge >= 0.3 is 0 Å². The summed E-state index contributed by atoms with van der Waals surface area (Å²) in [5.41, 5.74) is 3.18. The summed E-state index contributed by atoms with van der Waals surface area (Å²) in [5.74, 6) is -0.692. The van der Waals surface area contributed by atoms with Crippen molar-refractivity contribution >= 4 is 50.9 Å². The van der Waals surface area contributed by atoms with Gasteiger partial charge < -0.3 is 5.32 Å². The second-order valence-corrected chi connectivity index (χ2v) is 9.67. The number of carbonyl (C=O) groups excluding carboxylic acids is 2. The molecule has 1 fully saturated rings. The minimum atomic E-state index is -0.541. The first kappa shape index (κ1) is 22.8. The number of nitrogens with one attached hydrogen (secondary N) is 1. The molecule has 1 aliphatic rings. The summed E-state index contributed by atoms with van der Waals surface area (Å²) in [5, 5.41) is 12.6. The Hall–Kier alpha value is -3.34. The Balaban J connectivity index is 1.72. The third-order valence-electron chi connectivity index (χ3n) is 5.16. The van der Waals surface area contributed by atoms with Gasteiger partial charge in [0, 0.05) is 15.8 Å². The molecule has 1 aliphatic heterocycles. The molecule has 0 radical (unpaired) electrons. The Morgan fingerprint density at radius 2 is 1.73 bits per heavy atom. The van der Waals surface area contributed by atoms with E-state index in [1.807, 2.05) is 67.6 Å². The Bertz CT molecular complexity index is 1250. The molecular formula is C26H20BrN3O2S. The average Bonchev–Trinajstić information content (AvgIpc) is 3.12. The van der Waals surface area contributed by atoms with Crippen molar-refractivity contribution in [2.75, 3.05) is 10.2 Å². The first-order valence-electron chi connectivity index (χ1n) is 10.3. The smallest absolute Gasteiger partial charge is 0.269 e. The summed E-state index contributed by atoms with van der Waals surface area (Å²) >= 11 is 4.69. The Labute approximate surface area is 205 Å². The average molecular weight is 518 g/mol. The molecule has 2 amide bonds.